The van der Waals surface area contributed by atoms with E-state index in [4.69, 9.17) is 9.47 Å². The van der Waals surface area contributed by atoms with Gasteiger partial charge in [-0.25, -0.2) is 0 Å². The third-order valence-electron chi connectivity index (χ3n) is 3.66. The van der Waals surface area contributed by atoms with E-state index in [2.05, 4.69) is 18.0 Å². The normalized spacial score (nSPS) is 21.7. The largest absolute Gasteiger partial charge is 0.497 e. The number of rotatable bonds is 7. The Kier molecular flexibility index (Phi) is 5.15. The predicted octanol–water partition coefficient (Wildman–Crippen LogP) is 1.09. The molecule has 0 radical (unpaired) electrons. The molecule has 2 rings (SSSR count). The molecule has 6 heteroatoms. The third kappa shape index (κ3) is 2.82. The molecule has 6 nitrogen and oxygen atoms in total. The SMILES string of the molecule is C=CCN[C@H](C#N)[C@H]1[C@@H](OC)C(=O)N1c1ccc(OC)cc1. The monoisotopic (exact) mass is 301 g/mol. The van der Waals surface area contributed by atoms with Crippen LogP contribution in [0.5, 0.6) is 5.75 Å². The zero-order chi connectivity index (χ0) is 16.1. The van der Waals surface area contributed by atoms with Gasteiger partial charge in [0, 0.05) is 19.3 Å². The van der Waals surface area contributed by atoms with Gasteiger partial charge >= 0.3 is 0 Å². The van der Waals surface area contributed by atoms with Crippen LogP contribution in [0, 0.1) is 11.3 Å². The minimum absolute atomic E-state index is 0.154. The second kappa shape index (κ2) is 7.07. The Bertz CT molecular complexity index is 579. The van der Waals surface area contributed by atoms with Crippen molar-refractivity contribution in [3.63, 3.8) is 0 Å². The van der Waals surface area contributed by atoms with Crippen molar-refractivity contribution < 1.29 is 14.3 Å². The number of β-lactam (4-membered cyclic amide) rings is 1. The van der Waals surface area contributed by atoms with Gasteiger partial charge in [0.05, 0.1) is 13.2 Å². The van der Waals surface area contributed by atoms with Gasteiger partial charge in [-0.3, -0.25) is 10.1 Å². The molecule has 1 saturated heterocycles. The number of ether oxygens (including phenoxy) is 2. The molecule has 1 N–H and O–H groups in total. The van der Waals surface area contributed by atoms with E-state index in [1.807, 2.05) is 0 Å². The number of carbonyl (C=O) groups is 1. The zero-order valence-electron chi connectivity index (χ0n) is 12.7. The van der Waals surface area contributed by atoms with Gasteiger partial charge in [-0.2, -0.15) is 5.26 Å². The standard InChI is InChI=1S/C16H19N3O3/c1-4-9-18-13(10-17)14-15(22-3)16(20)19(14)11-5-7-12(21-2)8-6-11/h4-8,13-15,18H,1,9H2,2-3H3/t13-,14+,15-/m1/s1. The second-order valence-electron chi connectivity index (χ2n) is 4.86. The van der Waals surface area contributed by atoms with Gasteiger partial charge in [0.25, 0.3) is 5.91 Å². The van der Waals surface area contributed by atoms with E-state index in [0.717, 1.165) is 0 Å². The second-order valence-corrected chi connectivity index (χ2v) is 4.86. The Balaban J connectivity index is 2.25. The first-order chi connectivity index (χ1) is 10.7. The number of anilines is 1. The Labute approximate surface area is 129 Å². The summed E-state index contributed by atoms with van der Waals surface area (Å²) in [5.41, 5.74) is 0.713. The molecule has 1 aliphatic rings. The highest BCUT2D eigenvalue weighted by Gasteiger charge is 2.52. The number of hydrogen-bond donors (Lipinski definition) is 1. The fourth-order valence-electron chi connectivity index (χ4n) is 2.54. The number of nitrogens with zero attached hydrogens (tertiary/aromatic N) is 2. The van der Waals surface area contributed by atoms with E-state index < -0.39 is 12.1 Å². The van der Waals surface area contributed by atoms with E-state index in [1.165, 1.54) is 7.11 Å². The van der Waals surface area contributed by atoms with Crippen LogP contribution in [0.3, 0.4) is 0 Å². The van der Waals surface area contributed by atoms with Crippen LogP contribution in [0.4, 0.5) is 5.69 Å². The lowest BCUT2D eigenvalue weighted by atomic mass is 9.90. The molecule has 3 atom stereocenters. The van der Waals surface area contributed by atoms with Gasteiger partial charge < -0.3 is 14.4 Å². The fourth-order valence-corrected chi connectivity index (χ4v) is 2.54. The van der Waals surface area contributed by atoms with Crippen LogP contribution in [-0.2, 0) is 9.53 Å². The molecule has 1 aromatic carbocycles. The Morgan fingerprint density at radius 3 is 2.64 bits per heavy atom. The molecule has 0 aliphatic carbocycles. The number of nitrogens with one attached hydrogen (secondary N) is 1. The summed E-state index contributed by atoms with van der Waals surface area (Å²) >= 11 is 0. The Morgan fingerprint density at radius 1 is 1.45 bits per heavy atom. The number of methoxy groups -OCH3 is 2. The molecule has 1 fully saturated rings. The first-order valence-electron chi connectivity index (χ1n) is 6.91. The van der Waals surface area contributed by atoms with Crippen LogP contribution in [0.25, 0.3) is 0 Å². The number of carbonyl (C=O) groups excluding carboxylic acids is 1. The highest BCUT2D eigenvalue weighted by atomic mass is 16.5. The van der Waals surface area contributed by atoms with Gasteiger partial charge in [-0.05, 0) is 24.3 Å². The van der Waals surface area contributed by atoms with Crippen molar-refractivity contribution in [1.29, 1.82) is 5.26 Å². The van der Waals surface area contributed by atoms with Gasteiger partial charge in [-0.15, -0.1) is 6.58 Å². The Hall–Kier alpha value is -2.36. The predicted molar refractivity (Wildman–Crippen MR) is 82.7 cm³/mol. The smallest absolute Gasteiger partial charge is 0.258 e. The van der Waals surface area contributed by atoms with Crippen LogP contribution in [0.15, 0.2) is 36.9 Å². The molecule has 0 saturated carbocycles. The summed E-state index contributed by atoms with van der Waals surface area (Å²) in [5.74, 6) is 0.552. The van der Waals surface area contributed by atoms with Gasteiger partial charge in [0.1, 0.15) is 17.8 Å². The maximum atomic E-state index is 12.3. The maximum absolute atomic E-state index is 12.3. The fraction of sp³-hybridized carbons (Fsp3) is 0.375. The lowest BCUT2D eigenvalue weighted by Gasteiger charge is -2.47. The summed E-state index contributed by atoms with van der Waals surface area (Å²) in [6.07, 6.45) is 1.05. The number of benzene rings is 1. The van der Waals surface area contributed by atoms with Crippen molar-refractivity contribution in [3.05, 3.63) is 36.9 Å². The van der Waals surface area contributed by atoms with Crippen molar-refractivity contribution in [3.8, 4) is 11.8 Å². The van der Waals surface area contributed by atoms with Crippen LogP contribution < -0.4 is 15.0 Å². The number of hydrogen-bond acceptors (Lipinski definition) is 5. The molecule has 1 aliphatic heterocycles. The lowest BCUT2D eigenvalue weighted by Crippen LogP contribution is -2.72. The van der Waals surface area contributed by atoms with Crippen molar-refractivity contribution in [2.24, 2.45) is 0 Å². The van der Waals surface area contributed by atoms with E-state index in [9.17, 15) is 10.1 Å². The van der Waals surface area contributed by atoms with Crippen molar-refractivity contribution in [1.82, 2.24) is 5.32 Å². The summed E-state index contributed by atoms with van der Waals surface area (Å²) in [7, 11) is 3.06. The minimum Gasteiger partial charge on any atom is -0.497 e. The summed E-state index contributed by atoms with van der Waals surface area (Å²) in [4.78, 5) is 13.8. The van der Waals surface area contributed by atoms with E-state index in [1.54, 1.807) is 42.4 Å². The molecule has 0 aromatic heterocycles. The molecule has 116 valence electrons. The number of amides is 1. The number of nitriles is 1. The minimum atomic E-state index is -0.621. The van der Waals surface area contributed by atoms with E-state index >= 15 is 0 Å². The molecule has 22 heavy (non-hydrogen) atoms. The quantitative estimate of drug-likeness (QED) is 0.603. The van der Waals surface area contributed by atoms with Crippen molar-refractivity contribution in [2.75, 3.05) is 25.7 Å². The highest BCUT2D eigenvalue weighted by Crippen LogP contribution is 2.32. The highest BCUT2D eigenvalue weighted by molar-refractivity contribution is 6.05. The van der Waals surface area contributed by atoms with Crippen LogP contribution in [0.2, 0.25) is 0 Å². The molecule has 0 spiro atoms. The summed E-state index contributed by atoms with van der Waals surface area (Å²) in [6.45, 7) is 4.10. The molecular weight excluding hydrogens is 282 g/mol. The zero-order valence-corrected chi connectivity index (χ0v) is 12.7. The van der Waals surface area contributed by atoms with E-state index in [-0.39, 0.29) is 11.9 Å². The first kappa shape index (κ1) is 16.0. The van der Waals surface area contributed by atoms with Crippen LogP contribution in [0.1, 0.15) is 0 Å². The van der Waals surface area contributed by atoms with Crippen molar-refractivity contribution in [2.45, 2.75) is 18.2 Å². The molecule has 0 bridgehead atoms. The van der Waals surface area contributed by atoms with Gasteiger partial charge in [0.15, 0.2) is 6.10 Å². The van der Waals surface area contributed by atoms with Crippen LogP contribution in [-0.4, -0.2) is 44.9 Å². The summed E-state index contributed by atoms with van der Waals surface area (Å²) in [5, 5.41) is 12.4. The van der Waals surface area contributed by atoms with Gasteiger partial charge in [0.2, 0.25) is 0 Å². The lowest BCUT2D eigenvalue weighted by molar-refractivity contribution is -0.140. The maximum Gasteiger partial charge on any atom is 0.258 e. The molecular formula is C16H19N3O3. The average molecular weight is 301 g/mol. The summed E-state index contributed by atoms with van der Waals surface area (Å²) in [6, 6.07) is 8.40. The molecule has 1 amide bonds. The van der Waals surface area contributed by atoms with Crippen molar-refractivity contribution >= 4 is 11.6 Å². The molecule has 1 aromatic rings. The first-order valence-corrected chi connectivity index (χ1v) is 6.91. The average Bonchev–Trinajstić information content (AvgIpc) is 2.55. The van der Waals surface area contributed by atoms with Crippen LogP contribution >= 0.6 is 0 Å². The Morgan fingerprint density at radius 2 is 2.14 bits per heavy atom. The molecule has 1 heterocycles. The third-order valence-corrected chi connectivity index (χ3v) is 3.66. The van der Waals surface area contributed by atoms with Gasteiger partial charge in [-0.1, -0.05) is 6.08 Å². The molecule has 0 unspecified atom stereocenters. The summed E-state index contributed by atoms with van der Waals surface area (Å²) < 4.78 is 10.4. The van der Waals surface area contributed by atoms with E-state index in [0.29, 0.717) is 18.0 Å². The topological polar surface area (TPSA) is 74.6 Å².